The monoisotopic (exact) mass is 711 g/mol. The molecule has 4 unspecified atom stereocenters. The van der Waals surface area contributed by atoms with E-state index in [4.69, 9.17) is 0 Å². The Balaban J connectivity index is 1.19. The van der Waals surface area contributed by atoms with Crippen molar-refractivity contribution < 1.29 is 29.4 Å². The third kappa shape index (κ3) is 13.9. The summed E-state index contributed by atoms with van der Waals surface area (Å²) in [6.45, 7) is 4.33. The average molecular weight is 711 g/mol. The fourth-order valence-electron chi connectivity index (χ4n) is 7.94. The average Bonchev–Trinajstić information content (AvgIpc) is 3.17. The summed E-state index contributed by atoms with van der Waals surface area (Å²) in [5.74, 6) is 0. The predicted octanol–water partition coefficient (Wildman–Crippen LogP) is 8.03. The first-order valence-corrected chi connectivity index (χ1v) is 19.9. The lowest BCUT2D eigenvalue weighted by molar-refractivity contribution is -0.983. The van der Waals surface area contributed by atoms with Crippen molar-refractivity contribution in [3.63, 3.8) is 0 Å². The first-order chi connectivity index (χ1) is 25.5. The van der Waals surface area contributed by atoms with Crippen LogP contribution in [0.3, 0.4) is 0 Å². The standard InChI is InChI=1S/C46H66N2O4/c49-35-33-47(39-43-27-17-11-18-28-43,45(51)37-41-23-13-9-14-24-41)31-21-7-5-3-1-2-4-6-8-22-32-48(34-36-50,40-44-29-19-12-20-30-44)46(52)38-42-25-15-10-16-26-42/h9-20,23-30,45-46,49-52H,1-8,21-22,31-40H2/q+2. The minimum atomic E-state index is -0.576. The SMILES string of the molecule is OCC[N+](CCCCCCCCCCCC[N+](CCO)(Cc1ccccc1)C(O)Cc1ccccc1)(Cc1ccccc1)C(O)Cc1ccccc1. The Labute approximate surface area is 314 Å². The van der Waals surface area contributed by atoms with Crippen LogP contribution in [0.5, 0.6) is 0 Å². The largest absolute Gasteiger partial charge is 0.391 e. The van der Waals surface area contributed by atoms with E-state index in [1.807, 2.05) is 48.5 Å². The summed E-state index contributed by atoms with van der Waals surface area (Å²) >= 11 is 0. The number of aliphatic hydroxyl groups is 4. The smallest absolute Gasteiger partial charge is 0.194 e. The zero-order chi connectivity index (χ0) is 36.7. The van der Waals surface area contributed by atoms with Crippen molar-refractivity contribution in [1.82, 2.24) is 0 Å². The number of hydrogen-bond donors (Lipinski definition) is 4. The van der Waals surface area contributed by atoms with E-state index < -0.39 is 12.5 Å². The molecule has 52 heavy (non-hydrogen) atoms. The molecule has 0 spiro atoms. The molecule has 4 aromatic rings. The molecule has 6 heteroatoms. The summed E-state index contributed by atoms with van der Waals surface area (Å²) in [5.41, 5.74) is 4.64. The van der Waals surface area contributed by atoms with Crippen molar-refractivity contribution in [1.29, 1.82) is 0 Å². The van der Waals surface area contributed by atoms with Gasteiger partial charge in [-0.05, 0) is 36.8 Å². The lowest BCUT2D eigenvalue weighted by atomic mass is 10.0. The Morgan fingerprint density at radius 1 is 0.346 bits per heavy atom. The molecule has 6 nitrogen and oxygen atoms in total. The van der Waals surface area contributed by atoms with Gasteiger partial charge in [0.15, 0.2) is 12.5 Å². The van der Waals surface area contributed by atoms with E-state index in [1.54, 1.807) is 0 Å². The van der Waals surface area contributed by atoms with E-state index in [-0.39, 0.29) is 13.2 Å². The highest BCUT2D eigenvalue weighted by Crippen LogP contribution is 2.25. The van der Waals surface area contributed by atoms with Gasteiger partial charge in [-0.2, -0.15) is 0 Å². The van der Waals surface area contributed by atoms with E-state index >= 15 is 0 Å². The second-order valence-corrected chi connectivity index (χ2v) is 14.9. The molecule has 4 N–H and O–H groups in total. The van der Waals surface area contributed by atoms with Gasteiger partial charge < -0.3 is 20.4 Å². The molecule has 0 radical (unpaired) electrons. The molecule has 282 valence electrons. The van der Waals surface area contributed by atoms with E-state index in [0.717, 1.165) is 49.9 Å². The third-order valence-electron chi connectivity index (χ3n) is 11.0. The van der Waals surface area contributed by atoms with Gasteiger partial charge in [0.2, 0.25) is 0 Å². The summed E-state index contributed by atoms with van der Waals surface area (Å²) in [6.07, 6.45) is 11.7. The van der Waals surface area contributed by atoms with Crippen molar-refractivity contribution in [3.05, 3.63) is 144 Å². The molecule has 0 aliphatic heterocycles. The highest BCUT2D eigenvalue weighted by Gasteiger charge is 2.36. The molecule has 0 aromatic heterocycles. The quantitative estimate of drug-likeness (QED) is 0.0287. The van der Waals surface area contributed by atoms with Crippen molar-refractivity contribution in [2.75, 3.05) is 39.4 Å². The number of nitrogens with zero attached hydrogens (tertiary/aromatic N) is 2. The normalized spacial score (nSPS) is 15.1. The van der Waals surface area contributed by atoms with Crippen LogP contribution in [0.25, 0.3) is 0 Å². The molecule has 0 saturated heterocycles. The zero-order valence-corrected chi connectivity index (χ0v) is 31.5. The molecule has 0 aliphatic carbocycles. The number of benzene rings is 4. The summed E-state index contributed by atoms with van der Waals surface area (Å²) < 4.78 is 0.977. The number of hydrogen-bond acceptors (Lipinski definition) is 4. The van der Waals surface area contributed by atoms with Crippen molar-refractivity contribution in [3.8, 4) is 0 Å². The fraction of sp³-hybridized carbons (Fsp3) is 0.478. The van der Waals surface area contributed by atoms with Crippen LogP contribution in [0.4, 0.5) is 0 Å². The summed E-state index contributed by atoms with van der Waals surface area (Å²) in [4.78, 5) is 0. The highest BCUT2D eigenvalue weighted by molar-refractivity contribution is 5.17. The maximum absolute atomic E-state index is 11.6. The molecule has 0 aliphatic rings. The number of aliphatic hydroxyl groups excluding tert-OH is 4. The Hall–Kier alpha value is -3.36. The minimum Gasteiger partial charge on any atom is -0.391 e. The lowest BCUT2D eigenvalue weighted by Crippen LogP contribution is -2.57. The van der Waals surface area contributed by atoms with E-state index in [1.165, 1.54) is 49.7 Å². The maximum Gasteiger partial charge on any atom is 0.194 e. The molecule has 0 amide bonds. The zero-order valence-electron chi connectivity index (χ0n) is 31.5. The molecule has 4 aromatic carbocycles. The van der Waals surface area contributed by atoms with Gasteiger partial charge in [0, 0.05) is 11.1 Å². The first kappa shape index (κ1) is 41.4. The molecular formula is C46H66N2O4+2. The van der Waals surface area contributed by atoms with Crippen LogP contribution in [-0.2, 0) is 25.9 Å². The van der Waals surface area contributed by atoms with Crippen LogP contribution in [0.2, 0.25) is 0 Å². The van der Waals surface area contributed by atoms with Gasteiger partial charge >= 0.3 is 0 Å². The number of rotatable bonds is 27. The van der Waals surface area contributed by atoms with Crippen LogP contribution < -0.4 is 0 Å². The Bertz CT molecular complexity index is 1350. The second-order valence-electron chi connectivity index (χ2n) is 14.9. The van der Waals surface area contributed by atoms with Gasteiger partial charge in [-0.1, -0.05) is 160 Å². The molecule has 4 atom stereocenters. The van der Waals surface area contributed by atoms with Gasteiger partial charge in [0.05, 0.1) is 39.1 Å². The highest BCUT2D eigenvalue weighted by atomic mass is 16.3. The molecule has 0 fully saturated rings. The van der Waals surface area contributed by atoms with Crippen LogP contribution >= 0.6 is 0 Å². The predicted molar refractivity (Wildman–Crippen MR) is 213 cm³/mol. The van der Waals surface area contributed by atoms with Crippen molar-refractivity contribution in [2.45, 2.75) is 103 Å². The number of unbranched alkanes of at least 4 members (excludes halogenated alkanes) is 9. The van der Waals surface area contributed by atoms with Crippen LogP contribution in [0.15, 0.2) is 121 Å². The summed E-state index contributed by atoms with van der Waals surface area (Å²) in [5, 5.41) is 43.5. The Kier molecular flexibility index (Phi) is 18.6. The van der Waals surface area contributed by atoms with Gasteiger partial charge in [-0.3, -0.25) is 8.97 Å². The van der Waals surface area contributed by atoms with Gasteiger partial charge in [0.1, 0.15) is 26.2 Å². The van der Waals surface area contributed by atoms with E-state index in [9.17, 15) is 20.4 Å². The van der Waals surface area contributed by atoms with Crippen molar-refractivity contribution in [2.24, 2.45) is 0 Å². The van der Waals surface area contributed by atoms with Crippen LogP contribution in [0.1, 0.15) is 86.5 Å². The fourth-order valence-corrected chi connectivity index (χ4v) is 7.94. The van der Waals surface area contributed by atoms with E-state index in [0.29, 0.717) is 48.0 Å². The number of quaternary nitrogens is 2. The van der Waals surface area contributed by atoms with Crippen molar-refractivity contribution >= 4 is 0 Å². The molecule has 0 bridgehead atoms. The topological polar surface area (TPSA) is 80.9 Å². The minimum absolute atomic E-state index is 0.0570. The van der Waals surface area contributed by atoms with Gasteiger partial charge in [0.25, 0.3) is 0 Å². The lowest BCUT2D eigenvalue weighted by Gasteiger charge is -2.42. The summed E-state index contributed by atoms with van der Waals surface area (Å²) in [6, 6.07) is 41.2. The molecule has 0 saturated carbocycles. The third-order valence-corrected chi connectivity index (χ3v) is 11.0. The second kappa shape index (κ2) is 23.3. The maximum atomic E-state index is 11.6. The molecule has 0 heterocycles. The van der Waals surface area contributed by atoms with Gasteiger partial charge in [-0.25, -0.2) is 0 Å². The van der Waals surface area contributed by atoms with Crippen LogP contribution in [-0.4, -0.2) is 81.2 Å². The Morgan fingerprint density at radius 3 is 0.904 bits per heavy atom. The van der Waals surface area contributed by atoms with E-state index in [2.05, 4.69) is 72.8 Å². The molecular weight excluding hydrogens is 645 g/mol. The molecule has 4 rings (SSSR count). The Morgan fingerprint density at radius 2 is 0.615 bits per heavy atom. The first-order valence-electron chi connectivity index (χ1n) is 19.9. The van der Waals surface area contributed by atoms with Gasteiger partial charge in [-0.15, -0.1) is 0 Å². The summed E-state index contributed by atoms with van der Waals surface area (Å²) in [7, 11) is 0. The van der Waals surface area contributed by atoms with Crippen LogP contribution in [0, 0.1) is 0 Å².